The molecule has 1 N–H and O–H groups in total. The molecule has 1 unspecified atom stereocenters. The van der Waals surface area contributed by atoms with Gasteiger partial charge in [-0.25, -0.2) is 0 Å². The van der Waals surface area contributed by atoms with Gasteiger partial charge in [0.15, 0.2) is 0 Å². The second kappa shape index (κ2) is 8.09. The monoisotopic (exact) mass is 497 g/mol. The van der Waals surface area contributed by atoms with Crippen LogP contribution in [0.4, 0.5) is 13.2 Å². The van der Waals surface area contributed by atoms with Crippen LogP contribution in [0.15, 0.2) is 41.6 Å². The maximum atomic E-state index is 14.2. The highest BCUT2D eigenvalue weighted by atomic mass is 35.5. The van der Waals surface area contributed by atoms with E-state index >= 15 is 0 Å². The van der Waals surface area contributed by atoms with Gasteiger partial charge in [-0.15, -0.1) is 0 Å². The maximum Gasteiger partial charge on any atom is 0.435 e. The summed E-state index contributed by atoms with van der Waals surface area (Å²) in [4.78, 5) is 19.3. The van der Waals surface area contributed by atoms with Gasteiger partial charge in [0.25, 0.3) is 11.5 Å². The van der Waals surface area contributed by atoms with Crippen molar-refractivity contribution in [3.8, 4) is 0 Å². The van der Waals surface area contributed by atoms with E-state index in [9.17, 15) is 18.0 Å². The predicted molar refractivity (Wildman–Crippen MR) is 118 cm³/mol. The second-order valence-corrected chi connectivity index (χ2v) is 9.57. The van der Waals surface area contributed by atoms with Crippen LogP contribution >= 0.6 is 23.2 Å². The van der Waals surface area contributed by atoms with E-state index in [0.29, 0.717) is 18.7 Å². The molecule has 174 valence electrons. The van der Waals surface area contributed by atoms with Gasteiger partial charge in [0, 0.05) is 40.3 Å². The summed E-state index contributed by atoms with van der Waals surface area (Å²) >= 11 is 11.9. The van der Waals surface area contributed by atoms with Crippen molar-refractivity contribution >= 4 is 34.9 Å². The van der Waals surface area contributed by atoms with Gasteiger partial charge >= 0.3 is 6.18 Å². The number of carbonyl (C=O) groups is 1. The third-order valence-corrected chi connectivity index (χ3v) is 6.93. The highest BCUT2D eigenvalue weighted by Gasteiger charge is 2.63. The Morgan fingerprint density at radius 2 is 1.79 bits per heavy atom. The van der Waals surface area contributed by atoms with Gasteiger partial charge in [-0.2, -0.15) is 13.2 Å². The molecule has 0 spiro atoms. The molecular formula is C23H20Cl2F3N3O2. The highest BCUT2D eigenvalue weighted by Crippen LogP contribution is 2.49. The van der Waals surface area contributed by atoms with Gasteiger partial charge < -0.3 is 15.1 Å². The molecule has 10 heteroatoms. The fraction of sp³-hybridized carbons (Fsp3) is 0.391. The first-order valence-corrected chi connectivity index (χ1v) is 11.4. The number of fused-ring (bicyclic) bond motifs is 1. The third-order valence-electron chi connectivity index (χ3n) is 6.50. The van der Waals surface area contributed by atoms with Crippen molar-refractivity contribution in [1.29, 1.82) is 0 Å². The lowest BCUT2D eigenvalue weighted by Gasteiger charge is -2.30. The number of hydrogen-bond donors (Lipinski definition) is 1. The Bertz CT molecular complexity index is 1130. The zero-order valence-electron chi connectivity index (χ0n) is 17.4. The molecule has 5 rings (SSSR count). The van der Waals surface area contributed by atoms with Gasteiger partial charge in [0.05, 0.1) is 6.42 Å². The Labute approximate surface area is 198 Å². The van der Waals surface area contributed by atoms with Crippen LogP contribution in [0.3, 0.4) is 0 Å². The number of carbonyl (C=O) groups excluding carboxylic acids is 1. The molecule has 0 aromatic heterocycles. The summed E-state index contributed by atoms with van der Waals surface area (Å²) in [6.45, 7) is 0.721. The Balaban J connectivity index is 1.35. The first-order chi connectivity index (χ1) is 15.6. The Morgan fingerprint density at radius 1 is 1.09 bits per heavy atom. The third kappa shape index (κ3) is 4.04. The number of halogens is 5. The van der Waals surface area contributed by atoms with Crippen molar-refractivity contribution in [2.75, 3.05) is 0 Å². The van der Waals surface area contributed by atoms with Crippen LogP contribution in [0, 0.1) is 0 Å². The lowest BCUT2D eigenvalue weighted by Crippen LogP contribution is -2.43. The first-order valence-electron chi connectivity index (χ1n) is 10.6. The molecule has 2 aromatic carbocycles. The lowest BCUT2D eigenvalue weighted by atomic mass is 9.89. The number of benzene rings is 2. The fourth-order valence-corrected chi connectivity index (χ4v) is 4.91. The van der Waals surface area contributed by atoms with E-state index in [1.807, 2.05) is 6.07 Å². The number of rotatable bonds is 3. The van der Waals surface area contributed by atoms with Crippen LogP contribution in [0.2, 0.25) is 10.0 Å². The van der Waals surface area contributed by atoms with Crippen molar-refractivity contribution in [1.82, 2.24) is 10.2 Å². The molecule has 1 aliphatic carbocycles. The molecule has 1 amide bonds. The van der Waals surface area contributed by atoms with E-state index in [4.69, 9.17) is 28.0 Å². The molecule has 1 fully saturated rings. The average Bonchev–Trinajstić information content (AvgIpc) is 3.34. The first kappa shape index (κ1) is 22.3. The van der Waals surface area contributed by atoms with E-state index in [1.165, 1.54) is 18.2 Å². The van der Waals surface area contributed by atoms with Crippen molar-refractivity contribution < 1.29 is 22.8 Å². The van der Waals surface area contributed by atoms with Crippen molar-refractivity contribution in [3.63, 3.8) is 0 Å². The predicted octanol–water partition coefficient (Wildman–Crippen LogP) is 5.78. The molecular weight excluding hydrogens is 478 g/mol. The van der Waals surface area contributed by atoms with E-state index in [2.05, 4.69) is 10.5 Å². The molecule has 2 heterocycles. The highest BCUT2D eigenvalue weighted by molar-refractivity contribution is 6.34. The molecule has 5 nitrogen and oxygen atoms in total. The molecule has 2 aliphatic heterocycles. The molecule has 1 saturated carbocycles. The molecule has 1 atom stereocenters. The summed E-state index contributed by atoms with van der Waals surface area (Å²) < 4.78 is 42.7. The summed E-state index contributed by atoms with van der Waals surface area (Å²) in [6.07, 6.45) is -2.15. The number of hydrogen-bond acceptors (Lipinski definition) is 4. The van der Waals surface area contributed by atoms with Crippen LogP contribution in [-0.4, -0.2) is 28.9 Å². The summed E-state index contributed by atoms with van der Waals surface area (Å²) in [6, 6.07) is 9.38. The van der Waals surface area contributed by atoms with Gasteiger partial charge in [-0.05, 0) is 60.7 Å². The number of nitrogens with one attached hydrogen (secondary N) is 1. The standard InChI is InChI=1S/C23H20Cl2F3N3O2/c24-17-7-16(8-18(25)9-17)22(23(26,27)28)10-20(30-33-22)31-11-14-5-4-13(6-15(14)12-31)21(32)29-19-2-1-3-19/h4-9,19H,1-3,10-12H2,(H,29,32). The van der Waals surface area contributed by atoms with Crippen molar-refractivity contribution in [2.45, 2.75) is 56.6 Å². The smallest absolute Gasteiger partial charge is 0.372 e. The normalized spacial score (nSPS) is 22.5. The number of oxime groups is 1. The molecule has 2 aromatic rings. The van der Waals surface area contributed by atoms with Gasteiger partial charge in [-0.1, -0.05) is 34.4 Å². The van der Waals surface area contributed by atoms with Gasteiger partial charge in [0.1, 0.15) is 5.84 Å². The van der Waals surface area contributed by atoms with Crippen LogP contribution in [0.5, 0.6) is 0 Å². The topological polar surface area (TPSA) is 53.9 Å². The number of amides is 1. The van der Waals surface area contributed by atoms with Gasteiger partial charge in [-0.3, -0.25) is 4.79 Å². The Morgan fingerprint density at radius 3 is 2.42 bits per heavy atom. The van der Waals surface area contributed by atoms with Crippen molar-refractivity contribution in [2.24, 2.45) is 5.16 Å². The minimum Gasteiger partial charge on any atom is -0.372 e. The Hall–Kier alpha value is -2.45. The largest absolute Gasteiger partial charge is 0.435 e. The summed E-state index contributed by atoms with van der Waals surface area (Å²) in [5.74, 6) is 0.0523. The SMILES string of the molecule is O=C(NC1CCC1)c1ccc2c(c1)CN(C1=NOC(c3cc(Cl)cc(Cl)c3)(C(F)(F)F)C1)C2. The average molecular weight is 498 g/mol. The van der Waals surface area contributed by atoms with Crippen LogP contribution in [-0.2, 0) is 23.5 Å². The van der Waals surface area contributed by atoms with Gasteiger partial charge in [0.2, 0.25) is 0 Å². The molecule has 33 heavy (non-hydrogen) atoms. The van der Waals surface area contributed by atoms with E-state index in [1.54, 1.807) is 17.0 Å². The quantitative estimate of drug-likeness (QED) is 0.584. The number of alkyl halides is 3. The molecule has 0 saturated heterocycles. The summed E-state index contributed by atoms with van der Waals surface area (Å²) in [7, 11) is 0. The van der Waals surface area contributed by atoms with E-state index < -0.39 is 18.2 Å². The lowest BCUT2D eigenvalue weighted by molar-refractivity contribution is -0.275. The minimum absolute atomic E-state index is 0.0828. The summed E-state index contributed by atoms with van der Waals surface area (Å²) in [5, 5.41) is 7.00. The summed E-state index contributed by atoms with van der Waals surface area (Å²) in [5.41, 5.74) is -0.495. The van der Waals surface area contributed by atoms with Crippen LogP contribution in [0.1, 0.15) is 52.7 Å². The maximum absolute atomic E-state index is 14.2. The fourth-order valence-electron chi connectivity index (χ4n) is 4.38. The molecule has 3 aliphatic rings. The van der Waals surface area contributed by atoms with Crippen molar-refractivity contribution in [3.05, 3.63) is 68.7 Å². The molecule has 0 radical (unpaired) electrons. The zero-order chi connectivity index (χ0) is 23.4. The van der Waals surface area contributed by atoms with E-state index in [0.717, 1.165) is 30.4 Å². The van der Waals surface area contributed by atoms with Crippen LogP contribution < -0.4 is 5.32 Å². The minimum atomic E-state index is -4.74. The number of amidine groups is 1. The van der Waals surface area contributed by atoms with E-state index in [-0.39, 0.29) is 33.4 Å². The van der Waals surface area contributed by atoms with Crippen LogP contribution in [0.25, 0.3) is 0 Å². The Kier molecular flexibility index (Phi) is 5.48. The number of nitrogens with zero attached hydrogens (tertiary/aromatic N) is 2. The second-order valence-electron chi connectivity index (χ2n) is 8.70. The zero-order valence-corrected chi connectivity index (χ0v) is 18.9. The molecule has 0 bridgehead atoms.